The Morgan fingerprint density at radius 2 is 1.79 bits per heavy atom. The smallest absolute Gasteiger partial charge is 0.0195 e. The third-order valence-electron chi connectivity index (χ3n) is 3.34. The van der Waals surface area contributed by atoms with Crippen molar-refractivity contribution in [3.63, 3.8) is 0 Å². The Hall–Kier alpha value is -0.120. The van der Waals surface area contributed by atoms with E-state index in [1.54, 1.807) is 0 Å². The van der Waals surface area contributed by atoms with Crippen LogP contribution in [-0.2, 0) is 0 Å². The second kappa shape index (κ2) is 5.69. The molecule has 0 saturated carbocycles. The van der Waals surface area contributed by atoms with Gasteiger partial charge in [0.15, 0.2) is 0 Å². The van der Waals surface area contributed by atoms with Gasteiger partial charge in [-0.15, -0.1) is 0 Å². The van der Waals surface area contributed by atoms with Crippen LogP contribution in [0.1, 0.15) is 20.3 Å². The van der Waals surface area contributed by atoms with Gasteiger partial charge in [0.2, 0.25) is 0 Å². The highest BCUT2D eigenvalue weighted by atomic mass is 15.3. The van der Waals surface area contributed by atoms with Crippen molar-refractivity contribution in [2.45, 2.75) is 32.4 Å². The summed E-state index contributed by atoms with van der Waals surface area (Å²) in [5.74, 6) is 0. The number of nitrogens with zero attached hydrogens (tertiary/aromatic N) is 2. The zero-order valence-electron chi connectivity index (χ0n) is 10.1. The van der Waals surface area contributed by atoms with Crippen molar-refractivity contribution >= 4 is 0 Å². The molecule has 0 aromatic heterocycles. The van der Waals surface area contributed by atoms with E-state index in [1.807, 2.05) is 7.05 Å². The Kier molecular flexibility index (Phi) is 4.85. The molecule has 1 fully saturated rings. The maximum absolute atomic E-state index is 3.20. The lowest BCUT2D eigenvalue weighted by Crippen LogP contribution is -2.55. The van der Waals surface area contributed by atoms with Gasteiger partial charge in [0.05, 0.1) is 0 Å². The van der Waals surface area contributed by atoms with Crippen LogP contribution in [0.25, 0.3) is 0 Å². The first-order chi connectivity index (χ1) is 6.65. The topological polar surface area (TPSA) is 18.5 Å². The van der Waals surface area contributed by atoms with Gasteiger partial charge in [0, 0.05) is 25.2 Å². The average molecular weight is 199 g/mol. The molecule has 84 valence electrons. The van der Waals surface area contributed by atoms with E-state index in [0.29, 0.717) is 12.1 Å². The minimum absolute atomic E-state index is 0.702. The number of nitrogens with one attached hydrogen (secondary N) is 1. The van der Waals surface area contributed by atoms with Crippen molar-refractivity contribution in [1.82, 2.24) is 15.1 Å². The predicted octanol–water partition coefficient (Wildman–Crippen LogP) is 0.620. The number of hydrogen-bond donors (Lipinski definition) is 1. The maximum Gasteiger partial charge on any atom is 0.0195 e. The third kappa shape index (κ3) is 3.23. The Morgan fingerprint density at radius 1 is 1.21 bits per heavy atom. The number of rotatable bonds is 4. The largest absolute Gasteiger partial charge is 0.320 e. The summed E-state index contributed by atoms with van der Waals surface area (Å²) in [5.41, 5.74) is 0. The van der Waals surface area contributed by atoms with Crippen LogP contribution in [0.5, 0.6) is 0 Å². The summed E-state index contributed by atoms with van der Waals surface area (Å²) in [6.07, 6.45) is 1.26. The Balaban J connectivity index is 2.27. The molecule has 2 atom stereocenters. The summed E-state index contributed by atoms with van der Waals surface area (Å²) in [6, 6.07) is 1.40. The molecule has 14 heavy (non-hydrogen) atoms. The summed E-state index contributed by atoms with van der Waals surface area (Å²) in [4.78, 5) is 5.07. The standard InChI is InChI=1S/C11H25N3/c1-10-8-14(7-5-6-12-3)9-11(2)13(10)4/h10-12H,5-9H2,1-4H3. The fourth-order valence-electron chi connectivity index (χ4n) is 2.18. The average Bonchev–Trinajstić information content (AvgIpc) is 2.14. The van der Waals surface area contributed by atoms with Crippen LogP contribution in [0.2, 0.25) is 0 Å². The second-order valence-corrected chi connectivity index (χ2v) is 4.58. The third-order valence-corrected chi connectivity index (χ3v) is 3.34. The molecule has 0 aromatic rings. The quantitative estimate of drug-likeness (QED) is 0.670. The van der Waals surface area contributed by atoms with E-state index in [9.17, 15) is 0 Å². The highest BCUT2D eigenvalue weighted by Gasteiger charge is 2.25. The molecular formula is C11H25N3. The first kappa shape index (κ1) is 12.0. The van der Waals surface area contributed by atoms with Gasteiger partial charge in [-0.25, -0.2) is 0 Å². The molecule has 1 heterocycles. The van der Waals surface area contributed by atoms with Crippen LogP contribution in [0, 0.1) is 0 Å². The molecule has 0 spiro atoms. The minimum Gasteiger partial charge on any atom is -0.320 e. The minimum atomic E-state index is 0.702. The monoisotopic (exact) mass is 199 g/mol. The first-order valence-corrected chi connectivity index (χ1v) is 5.74. The molecule has 1 N–H and O–H groups in total. The fraction of sp³-hybridized carbons (Fsp3) is 1.00. The van der Waals surface area contributed by atoms with Gasteiger partial charge in [-0.1, -0.05) is 0 Å². The van der Waals surface area contributed by atoms with Crippen LogP contribution in [0.4, 0.5) is 0 Å². The van der Waals surface area contributed by atoms with Crippen molar-refractivity contribution in [3.05, 3.63) is 0 Å². The first-order valence-electron chi connectivity index (χ1n) is 5.74. The highest BCUT2D eigenvalue weighted by molar-refractivity contribution is 4.82. The molecule has 3 nitrogen and oxygen atoms in total. The normalized spacial score (nSPS) is 30.9. The van der Waals surface area contributed by atoms with E-state index in [1.165, 1.54) is 26.1 Å². The summed E-state index contributed by atoms with van der Waals surface area (Å²) in [7, 11) is 4.26. The van der Waals surface area contributed by atoms with Crippen LogP contribution in [0.3, 0.4) is 0 Å². The molecule has 1 aliphatic rings. The van der Waals surface area contributed by atoms with Crippen molar-refractivity contribution in [2.24, 2.45) is 0 Å². The summed E-state index contributed by atoms with van der Waals surface area (Å²) in [5, 5.41) is 3.20. The zero-order chi connectivity index (χ0) is 10.6. The predicted molar refractivity (Wildman–Crippen MR) is 61.7 cm³/mol. The molecule has 0 bridgehead atoms. The lowest BCUT2D eigenvalue weighted by atomic mass is 10.1. The SMILES string of the molecule is CNCCCN1CC(C)N(C)C(C)C1. The van der Waals surface area contributed by atoms with Gasteiger partial charge < -0.3 is 10.2 Å². The summed E-state index contributed by atoms with van der Waals surface area (Å²) < 4.78 is 0. The highest BCUT2D eigenvalue weighted by Crippen LogP contribution is 2.12. The zero-order valence-corrected chi connectivity index (χ0v) is 10.1. The van der Waals surface area contributed by atoms with E-state index in [0.717, 1.165) is 6.54 Å². The van der Waals surface area contributed by atoms with Gasteiger partial charge in [-0.05, 0) is 47.5 Å². The molecule has 1 saturated heterocycles. The van der Waals surface area contributed by atoms with Crippen LogP contribution < -0.4 is 5.32 Å². The Morgan fingerprint density at radius 3 is 2.29 bits per heavy atom. The second-order valence-electron chi connectivity index (χ2n) is 4.58. The Labute approximate surface area is 88.5 Å². The molecule has 0 radical (unpaired) electrons. The van der Waals surface area contributed by atoms with E-state index in [2.05, 4.69) is 36.0 Å². The molecule has 1 aliphatic heterocycles. The lowest BCUT2D eigenvalue weighted by molar-refractivity contribution is 0.0596. The van der Waals surface area contributed by atoms with E-state index < -0.39 is 0 Å². The van der Waals surface area contributed by atoms with Gasteiger partial charge in [0.1, 0.15) is 0 Å². The fourth-order valence-corrected chi connectivity index (χ4v) is 2.18. The molecule has 0 aliphatic carbocycles. The van der Waals surface area contributed by atoms with Crippen LogP contribution in [-0.4, -0.2) is 62.2 Å². The number of hydrogen-bond acceptors (Lipinski definition) is 3. The maximum atomic E-state index is 3.20. The van der Waals surface area contributed by atoms with Gasteiger partial charge in [-0.3, -0.25) is 4.90 Å². The number of likely N-dealkylation sites (N-methyl/N-ethyl adjacent to an activating group) is 1. The van der Waals surface area contributed by atoms with Crippen LogP contribution in [0.15, 0.2) is 0 Å². The summed E-state index contributed by atoms with van der Waals surface area (Å²) >= 11 is 0. The van der Waals surface area contributed by atoms with Gasteiger partial charge >= 0.3 is 0 Å². The molecular weight excluding hydrogens is 174 g/mol. The molecule has 1 rings (SSSR count). The summed E-state index contributed by atoms with van der Waals surface area (Å²) in [6.45, 7) is 9.47. The Bertz CT molecular complexity index is 149. The lowest BCUT2D eigenvalue weighted by Gasteiger charge is -2.42. The van der Waals surface area contributed by atoms with E-state index >= 15 is 0 Å². The van der Waals surface area contributed by atoms with E-state index in [4.69, 9.17) is 0 Å². The molecule has 0 amide bonds. The number of piperazine rings is 1. The van der Waals surface area contributed by atoms with Crippen molar-refractivity contribution in [3.8, 4) is 0 Å². The van der Waals surface area contributed by atoms with E-state index in [-0.39, 0.29) is 0 Å². The van der Waals surface area contributed by atoms with Gasteiger partial charge in [-0.2, -0.15) is 0 Å². The van der Waals surface area contributed by atoms with Gasteiger partial charge in [0.25, 0.3) is 0 Å². The molecule has 0 aromatic carbocycles. The molecule has 2 unspecified atom stereocenters. The van der Waals surface area contributed by atoms with Crippen molar-refractivity contribution in [2.75, 3.05) is 40.3 Å². The van der Waals surface area contributed by atoms with Crippen LogP contribution >= 0.6 is 0 Å². The van der Waals surface area contributed by atoms with Crippen molar-refractivity contribution < 1.29 is 0 Å². The van der Waals surface area contributed by atoms with Crippen molar-refractivity contribution in [1.29, 1.82) is 0 Å². The molecule has 3 heteroatoms.